The van der Waals surface area contributed by atoms with Crippen LogP contribution in [0, 0.1) is 5.41 Å². The van der Waals surface area contributed by atoms with Crippen molar-refractivity contribution in [2.24, 2.45) is 10.4 Å². The molecule has 0 bridgehead atoms. The smallest absolute Gasteiger partial charge is 0.193 e. The second-order valence-corrected chi connectivity index (χ2v) is 7.77. The van der Waals surface area contributed by atoms with Crippen LogP contribution in [0.5, 0.6) is 0 Å². The van der Waals surface area contributed by atoms with Gasteiger partial charge >= 0.3 is 0 Å². The zero-order valence-electron chi connectivity index (χ0n) is 15.0. The molecule has 3 fully saturated rings. The molecule has 0 radical (unpaired) electrons. The monoisotopic (exact) mass is 434 g/mol. The number of rotatable bonds is 4. The Hall–Kier alpha value is -0.0400. The highest BCUT2D eigenvalue weighted by atomic mass is 127. The van der Waals surface area contributed by atoms with E-state index in [0.717, 1.165) is 25.1 Å². The van der Waals surface area contributed by atoms with Gasteiger partial charge in [-0.25, -0.2) is 0 Å². The van der Waals surface area contributed by atoms with Crippen LogP contribution in [-0.2, 0) is 0 Å². The van der Waals surface area contributed by atoms with Gasteiger partial charge in [-0.2, -0.15) is 0 Å². The highest BCUT2D eigenvalue weighted by molar-refractivity contribution is 14.0. The predicted octanol–water partition coefficient (Wildman–Crippen LogP) is 3.32. The summed E-state index contributed by atoms with van der Waals surface area (Å²) in [4.78, 5) is 9.57. The molecule has 0 amide bonds. The zero-order chi connectivity index (χ0) is 15.4. The van der Waals surface area contributed by atoms with E-state index in [0.29, 0.717) is 5.41 Å². The molecule has 3 aliphatic rings. The van der Waals surface area contributed by atoms with E-state index in [1.54, 1.807) is 0 Å². The first-order chi connectivity index (χ1) is 10.7. The van der Waals surface area contributed by atoms with E-state index in [1.807, 2.05) is 7.05 Å². The van der Waals surface area contributed by atoms with Crippen molar-refractivity contribution in [2.45, 2.75) is 63.8 Å². The molecule has 1 heterocycles. The predicted molar refractivity (Wildman–Crippen MR) is 109 cm³/mol. The number of hydrogen-bond acceptors (Lipinski definition) is 2. The zero-order valence-corrected chi connectivity index (χ0v) is 17.3. The maximum Gasteiger partial charge on any atom is 0.193 e. The van der Waals surface area contributed by atoms with Crippen LogP contribution in [0.3, 0.4) is 0 Å². The van der Waals surface area contributed by atoms with E-state index >= 15 is 0 Å². The van der Waals surface area contributed by atoms with E-state index < -0.39 is 0 Å². The Morgan fingerprint density at radius 1 is 1.17 bits per heavy atom. The van der Waals surface area contributed by atoms with E-state index in [4.69, 9.17) is 0 Å². The van der Waals surface area contributed by atoms with Gasteiger partial charge in [-0.05, 0) is 44.6 Å². The van der Waals surface area contributed by atoms with Crippen LogP contribution in [0.2, 0.25) is 0 Å². The topological polar surface area (TPSA) is 30.9 Å². The molecular formula is C18H35IN4. The Bertz CT molecular complexity index is 386. The van der Waals surface area contributed by atoms with Gasteiger partial charge in [0.05, 0.1) is 0 Å². The van der Waals surface area contributed by atoms with Gasteiger partial charge in [0.2, 0.25) is 0 Å². The Morgan fingerprint density at radius 3 is 2.52 bits per heavy atom. The summed E-state index contributed by atoms with van der Waals surface area (Å²) in [5.74, 6) is 1.13. The molecule has 1 aliphatic heterocycles. The summed E-state index contributed by atoms with van der Waals surface area (Å²) in [6.07, 6.45) is 12.7. The van der Waals surface area contributed by atoms with Gasteiger partial charge in [0, 0.05) is 39.3 Å². The number of aliphatic imine (C=N–C) groups is 1. The van der Waals surface area contributed by atoms with Crippen LogP contribution in [0.1, 0.15) is 57.8 Å². The van der Waals surface area contributed by atoms with Crippen LogP contribution in [-0.4, -0.2) is 62.1 Å². The first-order valence-corrected chi connectivity index (χ1v) is 9.38. The van der Waals surface area contributed by atoms with Crippen LogP contribution < -0.4 is 5.32 Å². The Kier molecular flexibility index (Phi) is 7.45. The third-order valence-corrected chi connectivity index (χ3v) is 6.31. The molecule has 23 heavy (non-hydrogen) atoms. The Labute approximate surface area is 159 Å². The fourth-order valence-electron chi connectivity index (χ4n) is 4.85. The molecule has 4 nitrogen and oxygen atoms in total. The fourth-order valence-corrected chi connectivity index (χ4v) is 4.85. The number of likely N-dealkylation sites (tertiary alicyclic amines) is 1. The van der Waals surface area contributed by atoms with Gasteiger partial charge in [0.15, 0.2) is 5.96 Å². The minimum absolute atomic E-state index is 0. The van der Waals surface area contributed by atoms with Crippen molar-refractivity contribution < 1.29 is 0 Å². The number of hydrogen-bond donors (Lipinski definition) is 1. The molecule has 0 atom stereocenters. The lowest BCUT2D eigenvalue weighted by atomic mass is 9.86. The summed E-state index contributed by atoms with van der Waals surface area (Å²) in [6.45, 7) is 4.56. The fraction of sp³-hybridized carbons (Fsp3) is 0.944. The van der Waals surface area contributed by atoms with E-state index in [-0.39, 0.29) is 24.0 Å². The van der Waals surface area contributed by atoms with Crippen molar-refractivity contribution in [3.05, 3.63) is 0 Å². The first-order valence-electron chi connectivity index (χ1n) is 9.38. The largest absolute Gasteiger partial charge is 0.355 e. The summed E-state index contributed by atoms with van der Waals surface area (Å²) < 4.78 is 0. The summed E-state index contributed by atoms with van der Waals surface area (Å²) in [6, 6.07) is 0.817. The molecule has 0 aromatic carbocycles. The second-order valence-electron chi connectivity index (χ2n) is 7.77. The lowest BCUT2D eigenvalue weighted by molar-refractivity contribution is 0.248. The molecule has 0 unspecified atom stereocenters. The Morgan fingerprint density at radius 2 is 1.87 bits per heavy atom. The van der Waals surface area contributed by atoms with E-state index in [1.165, 1.54) is 70.9 Å². The molecule has 0 aromatic rings. The Balaban J connectivity index is 0.00000192. The summed E-state index contributed by atoms with van der Waals surface area (Å²) in [5, 5.41) is 3.61. The van der Waals surface area contributed by atoms with Crippen LogP contribution in [0.4, 0.5) is 0 Å². The average molecular weight is 434 g/mol. The lowest BCUT2D eigenvalue weighted by Crippen LogP contribution is -2.44. The van der Waals surface area contributed by atoms with Crippen molar-refractivity contribution in [1.82, 2.24) is 15.1 Å². The van der Waals surface area contributed by atoms with Gasteiger partial charge in [0.1, 0.15) is 0 Å². The van der Waals surface area contributed by atoms with Gasteiger partial charge in [-0.15, -0.1) is 24.0 Å². The molecule has 2 aliphatic carbocycles. The van der Waals surface area contributed by atoms with Crippen molar-refractivity contribution >= 4 is 29.9 Å². The van der Waals surface area contributed by atoms with Crippen LogP contribution in [0.15, 0.2) is 4.99 Å². The normalized spacial score (nSPS) is 24.7. The molecule has 5 heteroatoms. The van der Waals surface area contributed by atoms with Crippen LogP contribution >= 0.6 is 24.0 Å². The lowest BCUT2D eigenvalue weighted by Gasteiger charge is -2.27. The second kappa shape index (κ2) is 8.88. The van der Waals surface area contributed by atoms with Gasteiger partial charge < -0.3 is 15.1 Å². The number of likely N-dealkylation sites (N-methyl/N-ethyl adjacent to an activating group) is 1. The number of halogens is 1. The third kappa shape index (κ3) is 4.74. The highest BCUT2D eigenvalue weighted by Gasteiger charge is 2.41. The van der Waals surface area contributed by atoms with Gasteiger partial charge in [0.25, 0.3) is 0 Å². The van der Waals surface area contributed by atoms with Crippen molar-refractivity contribution in [1.29, 1.82) is 0 Å². The van der Waals surface area contributed by atoms with Crippen molar-refractivity contribution in [3.63, 3.8) is 0 Å². The molecule has 0 aromatic heterocycles. The first kappa shape index (κ1) is 19.3. The van der Waals surface area contributed by atoms with Crippen molar-refractivity contribution in [3.8, 4) is 0 Å². The quantitative estimate of drug-likeness (QED) is 0.419. The standard InChI is InChI=1S/C18H34N4.HI/c1-19-17(20-12-14-21(2)16-7-3-4-8-16)22-13-11-18(15-22)9-5-6-10-18;/h16H,3-15H2,1-2H3,(H,19,20);1H. The molecule has 1 spiro atoms. The van der Waals surface area contributed by atoms with Crippen molar-refractivity contribution in [2.75, 3.05) is 40.3 Å². The minimum Gasteiger partial charge on any atom is -0.355 e. The molecule has 1 N–H and O–H groups in total. The van der Waals surface area contributed by atoms with Gasteiger partial charge in [-0.3, -0.25) is 4.99 Å². The summed E-state index contributed by atoms with van der Waals surface area (Å²) in [5.41, 5.74) is 0.623. The van der Waals surface area contributed by atoms with E-state index in [9.17, 15) is 0 Å². The minimum atomic E-state index is 0. The SMILES string of the molecule is CN=C(NCCN(C)C1CCCC1)N1CCC2(CCCC2)C1.I. The summed E-state index contributed by atoms with van der Waals surface area (Å²) >= 11 is 0. The maximum absolute atomic E-state index is 4.53. The molecule has 1 saturated heterocycles. The molecule has 3 rings (SSSR count). The van der Waals surface area contributed by atoms with Gasteiger partial charge in [-0.1, -0.05) is 25.7 Å². The summed E-state index contributed by atoms with van der Waals surface area (Å²) in [7, 11) is 4.21. The molecular weight excluding hydrogens is 399 g/mol. The number of guanidine groups is 1. The van der Waals surface area contributed by atoms with Crippen LogP contribution in [0.25, 0.3) is 0 Å². The maximum atomic E-state index is 4.53. The average Bonchev–Trinajstić information content (AvgIpc) is 3.27. The molecule has 2 saturated carbocycles. The third-order valence-electron chi connectivity index (χ3n) is 6.31. The number of nitrogens with one attached hydrogen (secondary N) is 1. The van der Waals surface area contributed by atoms with E-state index in [2.05, 4.69) is 27.2 Å². The highest BCUT2D eigenvalue weighted by Crippen LogP contribution is 2.45. The number of nitrogens with zero attached hydrogens (tertiary/aromatic N) is 3. The molecule has 134 valence electrons.